The smallest absolute Gasteiger partial charge is 0.127 e. The maximum Gasteiger partial charge on any atom is 0.127 e. The number of hydrogen-bond acceptors (Lipinski definition) is 3. The molecule has 3 heteroatoms. The average Bonchev–Trinajstić information content (AvgIpc) is 2.60. The Morgan fingerprint density at radius 3 is 2.50 bits per heavy atom. The van der Waals surface area contributed by atoms with E-state index in [-0.39, 0.29) is 18.1 Å². The van der Waals surface area contributed by atoms with Crippen LogP contribution < -0.4 is 0 Å². The Hall–Kier alpha value is -0.410. The molecule has 1 heterocycles. The lowest BCUT2D eigenvalue weighted by atomic mass is 9.81. The molecule has 2 unspecified atom stereocenters. The molecule has 0 aromatic carbocycles. The second kappa shape index (κ2) is 6.16. The maximum absolute atomic E-state index is 11.6. The summed E-state index contributed by atoms with van der Waals surface area (Å²) in [5.41, 5.74) is -0.131. The molecular formula is C15H27NO2. The molecule has 0 radical (unpaired) electrons. The number of aldehydes is 1. The Morgan fingerprint density at radius 1 is 1.28 bits per heavy atom. The second-order valence-electron chi connectivity index (χ2n) is 6.38. The summed E-state index contributed by atoms with van der Waals surface area (Å²) in [6.07, 6.45) is 9.37. The quantitative estimate of drug-likeness (QED) is 0.617. The SMILES string of the molecule is CC1CCN(CC2(C=O)CCCCCC2)C1CO. The Kier molecular flexibility index (Phi) is 4.79. The average molecular weight is 253 g/mol. The minimum absolute atomic E-state index is 0.131. The van der Waals surface area contributed by atoms with Gasteiger partial charge in [0, 0.05) is 18.0 Å². The van der Waals surface area contributed by atoms with Gasteiger partial charge in [0.05, 0.1) is 6.61 Å². The number of nitrogens with zero attached hydrogens (tertiary/aromatic N) is 1. The standard InChI is InChI=1S/C15H27NO2/c1-13-6-9-16(14(13)10-17)11-15(12-18)7-4-2-3-5-8-15/h12-14,17H,2-11H2,1H3. The molecule has 2 atom stereocenters. The minimum atomic E-state index is -0.131. The van der Waals surface area contributed by atoms with Crippen molar-refractivity contribution < 1.29 is 9.90 Å². The highest BCUT2D eigenvalue weighted by Crippen LogP contribution is 2.36. The summed E-state index contributed by atoms with van der Waals surface area (Å²) in [5.74, 6) is 0.560. The lowest BCUT2D eigenvalue weighted by Gasteiger charge is -2.35. The van der Waals surface area contributed by atoms with Crippen molar-refractivity contribution >= 4 is 6.29 Å². The first kappa shape index (κ1) is 14.0. The molecule has 1 aliphatic carbocycles. The maximum atomic E-state index is 11.6. The fraction of sp³-hybridized carbons (Fsp3) is 0.933. The molecule has 1 N–H and O–H groups in total. The van der Waals surface area contributed by atoms with E-state index < -0.39 is 0 Å². The van der Waals surface area contributed by atoms with Gasteiger partial charge in [0.2, 0.25) is 0 Å². The van der Waals surface area contributed by atoms with Crippen molar-refractivity contribution in [2.45, 2.75) is 57.9 Å². The highest BCUT2D eigenvalue weighted by molar-refractivity contribution is 5.59. The van der Waals surface area contributed by atoms with Crippen molar-refractivity contribution in [1.82, 2.24) is 4.90 Å². The van der Waals surface area contributed by atoms with Crippen molar-refractivity contribution in [2.24, 2.45) is 11.3 Å². The first-order valence-corrected chi connectivity index (χ1v) is 7.52. The number of aliphatic hydroxyl groups excluding tert-OH is 1. The van der Waals surface area contributed by atoms with Crippen LogP contribution in [0.4, 0.5) is 0 Å². The molecule has 0 aromatic heterocycles. The third kappa shape index (κ3) is 2.94. The molecule has 0 bridgehead atoms. The molecule has 1 aliphatic heterocycles. The first-order chi connectivity index (χ1) is 8.71. The van der Waals surface area contributed by atoms with Crippen LogP contribution in [-0.4, -0.2) is 42.0 Å². The predicted molar refractivity (Wildman–Crippen MR) is 72.4 cm³/mol. The van der Waals surface area contributed by atoms with Crippen molar-refractivity contribution in [3.05, 3.63) is 0 Å². The molecular weight excluding hydrogens is 226 g/mol. The normalized spacial score (nSPS) is 33.2. The van der Waals surface area contributed by atoms with Crippen LogP contribution in [0, 0.1) is 11.3 Å². The van der Waals surface area contributed by atoms with E-state index in [2.05, 4.69) is 11.8 Å². The van der Waals surface area contributed by atoms with Crippen LogP contribution in [0.2, 0.25) is 0 Å². The number of aliphatic hydroxyl groups is 1. The zero-order valence-electron chi connectivity index (χ0n) is 11.6. The molecule has 2 aliphatic rings. The van der Waals surface area contributed by atoms with Crippen LogP contribution in [0.15, 0.2) is 0 Å². The lowest BCUT2D eigenvalue weighted by Crippen LogP contribution is -2.43. The van der Waals surface area contributed by atoms with Gasteiger partial charge in [0.15, 0.2) is 0 Å². The highest BCUT2D eigenvalue weighted by Gasteiger charge is 2.38. The molecule has 1 saturated heterocycles. The van der Waals surface area contributed by atoms with Gasteiger partial charge in [-0.2, -0.15) is 0 Å². The Balaban J connectivity index is 2.02. The Bertz CT molecular complexity index is 272. The van der Waals surface area contributed by atoms with Gasteiger partial charge in [0.25, 0.3) is 0 Å². The van der Waals surface area contributed by atoms with Gasteiger partial charge >= 0.3 is 0 Å². The summed E-state index contributed by atoms with van der Waals surface area (Å²) in [4.78, 5) is 14.0. The zero-order chi connectivity index (χ0) is 13.0. The van der Waals surface area contributed by atoms with Crippen molar-refractivity contribution in [1.29, 1.82) is 0 Å². The van der Waals surface area contributed by atoms with E-state index >= 15 is 0 Å². The number of rotatable bonds is 4. The van der Waals surface area contributed by atoms with E-state index in [9.17, 15) is 9.90 Å². The molecule has 18 heavy (non-hydrogen) atoms. The van der Waals surface area contributed by atoms with E-state index in [1.807, 2.05) is 0 Å². The second-order valence-corrected chi connectivity index (χ2v) is 6.38. The van der Waals surface area contributed by atoms with Gasteiger partial charge in [-0.05, 0) is 31.7 Å². The van der Waals surface area contributed by atoms with Gasteiger partial charge in [-0.1, -0.05) is 32.6 Å². The van der Waals surface area contributed by atoms with E-state index in [4.69, 9.17) is 0 Å². The number of carbonyl (C=O) groups is 1. The summed E-state index contributed by atoms with van der Waals surface area (Å²) in [7, 11) is 0. The lowest BCUT2D eigenvalue weighted by molar-refractivity contribution is -0.118. The van der Waals surface area contributed by atoms with Gasteiger partial charge < -0.3 is 9.90 Å². The van der Waals surface area contributed by atoms with Crippen LogP contribution in [0.3, 0.4) is 0 Å². The molecule has 0 spiro atoms. The molecule has 0 amide bonds. The summed E-state index contributed by atoms with van der Waals surface area (Å²) < 4.78 is 0. The van der Waals surface area contributed by atoms with Crippen LogP contribution >= 0.6 is 0 Å². The third-order valence-corrected chi connectivity index (χ3v) is 5.05. The monoisotopic (exact) mass is 253 g/mol. The van der Waals surface area contributed by atoms with E-state index in [0.29, 0.717) is 5.92 Å². The fourth-order valence-electron chi connectivity index (χ4n) is 3.73. The molecule has 2 rings (SSSR count). The van der Waals surface area contributed by atoms with E-state index in [1.54, 1.807) is 0 Å². The van der Waals surface area contributed by atoms with Crippen LogP contribution in [0.25, 0.3) is 0 Å². The summed E-state index contributed by atoms with van der Waals surface area (Å²) in [5, 5.41) is 9.52. The number of hydrogen-bond donors (Lipinski definition) is 1. The molecule has 0 aromatic rings. The van der Waals surface area contributed by atoms with Gasteiger partial charge in [-0.15, -0.1) is 0 Å². The fourth-order valence-corrected chi connectivity index (χ4v) is 3.73. The van der Waals surface area contributed by atoms with Gasteiger partial charge in [-0.25, -0.2) is 0 Å². The first-order valence-electron chi connectivity index (χ1n) is 7.52. The van der Waals surface area contributed by atoms with Crippen LogP contribution in [0.5, 0.6) is 0 Å². The van der Waals surface area contributed by atoms with Crippen LogP contribution in [0.1, 0.15) is 51.9 Å². The minimum Gasteiger partial charge on any atom is -0.395 e. The summed E-state index contributed by atoms with van der Waals surface area (Å²) in [6, 6.07) is 0.269. The molecule has 3 nitrogen and oxygen atoms in total. The summed E-state index contributed by atoms with van der Waals surface area (Å²) in [6.45, 7) is 4.35. The summed E-state index contributed by atoms with van der Waals surface area (Å²) >= 11 is 0. The predicted octanol–water partition coefficient (Wildman–Crippen LogP) is 2.23. The van der Waals surface area contributed by atoms with Crippen LogP contribution in [-0.2, 0) is 4.79 Å². The Morgan fingerprint density at radius 2 is 1.94 bits per heavy atom. The van der Waals surface area contributed by atoms with Crippen molar-refractivity contribution in [3.8, 4) is 0 Å². The molecule has 2 fully saturated rings. The third-order valence-electron chi connectivity index (χ3n) is 5.05. The molecule has 104 valence electrons. The van der Waals surface area contributed by atoms with Crippen molar-refractivity contribution in [3.63, 3.8) is 0 Å². The van der Waals surface area contributed by atoms with E-state index in [1.165, 1.54) is 32.0 Å². The van der Waals surface area contributed by atoms with Gasteiger partial charge in [-0.3, -0.25) is 4.90 Å². The number of likely N-dealkylation sites (tertiary alicyclic amines) is 1. The molecule has 1 saturated carbocycles. The Labute approximate surface area is 111 Å². The topological polar surface area (TPSA) is 40.5 Å². The van der Waals surface area contributed by atoms with E-state index in [0.717, 1.165) is 32.4 Å². The zero-order valence-corrected chi connectivity index (χ0v) is 11.6. The largest absolute Gasteiger partial charge is 0.395 e. The highest BCUT2D eigenvalue weighted by atomic mass is 16.3. The van der Waals surface area contributed by atoms with Gasteiger partial charge in [0.1, 0.15) is 6.29 Å². The number of carbonyl (C=O) groups excluding carboxylic acids is 1. The van der Waals surface area contributed by atoms with Crippen molar-refractivity contribution in [2.75, 3.05) is 19.7 Å².